The first-order chi connectivity index (χ1) is 8.51. The van der Waals surface area contributed by atoms with Crippen LogP contribution >= 0.6 is 56.9 Å². The van der Waals surface area contributed by atoms with Gasteiger partial charge in [0.05, 0.1) is 15.6 Å². The lowest BCUT2D eigenvalue weighted by Gasteiger charge is -2.08. The van der Waals surface area contributed by atoms with Crippen LogP contribution in [0, 0.1) is 7.14 Å². The summed E-state index contributed by atoms with van der Waals surface area (Å²) in [6.45, 7) is 0. The molecule has 0 aliphatic carbocycles. The summed E-state index contributed by atoms with van der Waals surface area (Å²) in [6, 6.07) is 3.89. The zero-order valence-corrected chi connectivity index (χ0v) is 14.3. The van der Waals surface area contributed by atoms with Gasteiger partial charge in [0.1, 0.15) is 5.75 Å². The Morgan fingerprint density at radius 2 is 2.06 bits per heavy atom. The van der Waals surface area contributed by atoms with Gasteiger partial charge in [-0.3, -0.25) is 14.9 Å². The molecule has 0 radical (unpaired) electrons. The zero-order valence-electron chi connectivity index (χ0n) is 9.12. The third-order valence-corrected chi connectivity index (χ3v) is 4.40. The van der Waals surface area contributed by atoms with Crippen LogP contribution < -0.4 is 10.1 Å². The Balaban J connectivity index is 2.48. The van der Waals surface area contributed by atoms with E-state index in [1.807, 2.05) is 12.1 Å². The minimum absolute atomic E-state index is 0.342. The number of nitrogens with one attached hydrogen (secondary N) is 1. The molecule has 1 aromatic rings. The lowest BCUT2D eigenvalue weighted by molar-refractivity contribution is -0.115. The maximum Gasteiger partial charge on any atom is 0.290 e. The zero-order chi connectivity index (χ0) is 13.3. The number of carbonyl (C=O) groups is 2. The normalized spacial score (nSPS) is 17.2. The smallest absolute Gasteiger partial charge is 0.290 e. The van der Waals surface area contributed by atoms with Gasteiger partial charge in [-0.25, -0.2) is 0 Å². The van der Waals surface area contributed by atoms with E-state index in [1.165, 1.54) is 0 Å². The van der Waals surface area contributed by atoms with E-state index >= 15 is 0 Å². The molecule has 0 saturated carbocycles. The van der Waals surface area contributed by atoms with Crippen molar-refractivity contribution < 1.29 is 14.3 Å². The van der Waals surface area contributed by atoms with E-state index in [2.05, 4.69) is 50.5 Å². The first-order valence-electron chi connectivity index (χ1n) is 4.79. The molecule has 1 N–H and O–H groups in total. The predicted octanol–water partition coefficient (Wildman–Crippen LogP) is 3.23. The van der Waals surface area contributed by atoms with E-state index in [1.54, 1.807) is 13.2 Å². The molecule has 0 atom stereocenters. The van der Waals surface area contributed by atoms with Crippen molar-refractivity contribution in [2.45, 2.75) is 0 Å². The number of benzene rings is 1. The van der Waals surface area contributed by atoms with Crippen LogP contribution in [0.3, 0.4) is 0 Å². The van der Waals surface area contributed by atoms with Crippen molar-refractivity contribution in [1.29, 1.82) is 0 Å². The molecule has 0 bridgehead atoms. The van der Waals surface area contributed by atoms with Crippen LogP contribution in [0.5, 0.6) is 5.75 Å². The molecule has 0 aromatic heterocycles. The van der Waals surface area contributed by atoms with Crippen molar-refractivity contribution in [2.75, 3.05) is 7.11 Å². The minimum atomic E-state index is -0.360. The van der Waals surface area contributed by atoms with Crippen LogP contribution in [0.15, 0.2) is 17.0 Å². The highest BCUT2D eigenvalue weighted by atomic mass is 127. The van der Waals surface area contributed by atoms with Crippen molar-refractivity contribution in [2.24, 2.45) is 0 Å². The maximum absolute atomic E-state index is 11.5. The topological polar surface area (TPSA) is 55.4 Å². The Morgan fingerprint density at radius 3 is 2.61 bits per heavy atom. The van der Waals surface area contributed by atoms with E-state index in [0.717, 1.165) is 24.5 Å². The molecule has 94 valence electrons. The van der Waals surface area contributed by atoms with E-state index < -0.39 is 0 Å². The number of rotatable bonds is 2. The molecule has 7 heteroatoms. The predicted molar refractivity (Wildman–Crippen MR) is 87.5 cm³/mol. The Hall–Kier alpha value is -0.290. The largest absolute Gasteiger partial charge is 0.495 e. The summed E-state index contributed by atoms with van der Waals surface area (Å²) >= 11 is 5.27. The minimum Gasteiger partial charge on any atom is -0.495 e. The summed E-state index contributed by atoms with van der Waals surface area (Å²) in [5.74, 6) is 0.345. The fourth-order valence-electron chi connectivity index (χ4n) is 1.47. The molecule has 1 aliphatic rings. The standard InChI is InChI=1S/C11H7I2NO3S/c1-17-9-5(2-6(12)4-7(9)13)3-8-10(15)14-11(16)18-8/h2-4H,1H3,(H,14,15,16). The van der Waals surface area contributed by atoms with E-state index in [4.69, 9.17) is 4.74 Å². The van der Waals surface area contributed by atoms with E-state index in [0.29, 0.717) is 10.7 Å². The SMILES string of the molecule is COc1c(I)cc(I)cc1C=C1SC(=O)NC1=O. The number of amides is 2. The number of hydrogen-bond donors (Lipinski definition) is 1. The molecular formula is C11H7I2NO3S. The Bertz CT molecular complexity index is 572. The third-order valence-electron chi connectivity index (χ3n) is 2.17. The van der Waals surface area contributed by atoms with Crippen molar-refractivity contribution in [3.05, 3.63) is 29.7 Å². The van der Waals surface area contributed by atoms with Gasteiger partial charge in [-0.15, -0.1) is 0 Å². The van der Waals surface area contributed by atoms with Gasteiger partial charge in [0.25, 0.3) is 11.1 Å². The highest BCUT2D eigenvalue weighted by molar-refractivity contribution is 14.1. The van der Waals surface area contributed by atoms with Crippen molar-refractivity contribution in [1.82, 2.24) is 5.32 Å². The highest BCUT2D eigenvalue weighted by Crippen LogP contribution is 2.33. The first kappa shape index (κ1) is 14.1. The number of ether oxygens (including phenoxy) is 1. The molecule has 18 heavy (non-hydrogen) atoms. The molecule has 1 aliphatic heterocycles. The Kier molecular flexibility index (Phi) is 4.54. The van der Waals surface area contributed by atoms with Gasteiger partial charge in [-0.05, 0) is 75.2 Å². The Morgan fingerprint density at radius 1 is 1.33 bits per heavy atom. The second-order valence-corrected chi connectivity index (χ2v) is 6.78. The molecule has 2 amide bonds. The Labute approximate surface area is 135 Å². The van der Waals surface area contributed by atoms with Crippen LogP contribution in [-0.4, -0.2) is 18.3 Å². The third kappa shape index (κ3) is 2.99. The summed E-state index contributed by atoms with van der Waals surface area (Å²) in [7, 11) is 1.58. The van der Waals surface area contributed by atoms with Crippen molar-refractivity contribution in [3.8, 4) is 5.75 Å². The van der Waals surface area contributed by atoms with Gasteiger partial charge in [0.15, 0.2) is 0 Å². The van der Waals surface area contributed by atoms with Crippen LogP contribution in [0.25, 0.3) is 6.08 Å². The number of hydrogen-bond acceptors (Lipinski definition) is 4. The van der Waals surface area contributed by atoms with Crippen molar-refractivity contribution in [3.63, 3.8) is 0 Å². The average Bonchev–Trinajstić information content (AvgIpc) is 2.57. The van der Waals surface area contributed by atoms with Crippen LogP contribution in [0.4, 0.5) is 4.79 Å². The van der Waals surface area contributed by atoms with E-state index in [-0.39, 0.29) is 11.1 Å². The molecule has 4 nitrogen and oxygen atoms in total. The number of carbonyl (C=O) groups excluding carboxylic acids is 2. The van der Waals surface area contributed by atoms with Gasteiger partial charge in [-0.1, -0.05) is 0 Å². The van der Waals surface area contributed by atoms with Crippen molar-refractivity contribution >= 4 is 74.2 Å². The average molecular weight is 487 g/mol. The van der Waals surface area contributed by atoms with Gasteiger partial charge in [0.2, 0.25) is 0 Å². The summed E-state index contributed by atoms with van der Waals surface area (Å²) in [5.41, 5.74) is 0.793. The molecule has 1 aromatic carbocycles. The molecule has 1 fully saturated rings. The molecule has 0 unspecified atom stereocenters. The quantitative estimate of drug-likeness (QED) is 0.515. The molecular weight excluding hydrogens is 480 g/mol. The highest BCUT2D eigenvalue weighted by Gasteiger charge is 2.25. The molecule has 2 rings (SSSR count). The van der Waals surface area contributed by atoms with Crippen LogP contribution in [0.1, 0.15) is 5.56 Å². The summed E-state index contributed by atoms with van der Waals surface area (Å²) in [6.07, 6.45) is 1.67. The maximum atomic E-state index is 11.5. The number of methoxy groups -OCH3 is 1. The monoisotopic (exact) mass is 487 g/mol. The number of halogens is 2. The van der Waals surface area contributed by atoms with Gasteiger partial charge in [0, 0.05) is 9.13 Å². The van der Waals surface area contributed by atoms with Crippen LogP contribution in [-0.2, 0) is 4.79 Å². The second kappa shape index (κ2) is 5.78. The number of imide groups is 1. The van der Waals surface area contributed by atoms with Gasteiger partial charge >= 0.3 is 0 Å². The lowest BCUT2D eigenvalue weighted by atomic mass is 10.2. The molecule has 1 heterocycles. The van der Waals surface area contributed by atoms with E-state index in [9.17, 15) is 9.59 Å². The fourth-order valence-corrected chi connectivity index (χ4v) is 4.25. The van der Waals surface area contributed by atoms with Gasteiger partial charge < -0.3 is 4.74 Å². The van der Waals surface area contributed by atoms with Crippen LogP contribution in [0.2, 0.25) is 0 Å². The molecule has 1 saturated heterocycles. The summed E-state index contributed by atoms with van der Waals surface area (Å²) < 4.78 is 7.32. The number of thioether (sulfide) groups is 1. The second-order valence-electron chi connectivity index (χ2n) is 3.36. The lowest BCUT2D eigenvalue weighted by Crippen LogP contribution is -2.17. The van der Waals surface area contributed by atoms with Gasteiger partial charge in [-0.2, -0.15) is 0 Å². The summed E-state index contributed by atoms with van der Waals surface area (Å²) in [4.78, 5) is 23.0. The fraction of sp³-hybridized carbons (Fsp3) is 0.0909. The molecule has 0 spiro atoms. The first-order valence-corrected chi connectivity index (χ1v) is 7.76. The summed E-state index contributed by atoms with van der Waals surface area (Å²) in [5, 5.41) is 1.88.